The van der Waals surface area contributed by atoms with Gasteiger partial charge in [-0.3, -0.25) is 0 Å². The lowest BCUT2D eigenvalue weighted by molar-refractivity contribution is 0.0594. The Labute approximate surface area is 107 Å². The highest BCUT2D eigenvalue weighted by molar-refractivity contribution is 7.15. The molecule has 0 saturated heterocycles. The highest BCUT2D eigenvalue weighted by atomic mass is 32.1. The zero-order valence-electron chi connectivity index (χ0n) is 11.1. The first-order chi connectivity index (χ1) is 8.04. The summed E-state index contributed by atoms with van der Waals surface area (Å²) in [5, 5.41) is 0.903. The highest BCUT2D eigenvalue weighted by Crippen LogP contribution is 2.27. The van der Waals surface area contributed by atoms with Crippen molar-refractivity contribution in [2.75, 3.05) is 18.6 Å². The van der Waals surface area contributed by atoms with Gasteiger partial charge in [-0.25, -0.2) is 9.78 Å². The SMILES string of the molecule is CCC(C)N(CC)c1nc(C(=O)OC)c(C)s1. The summed E-state index contributed by atoms with van der Waals surface area (Å²) in [5.74, 6) is -0.356. The van der Waals surface area contributed by atoms with Gasteiger partial charge >= 0.3 is 5.97 Å². The van der Waals surface area contributed by atoms with Gasteiger partial charge in [0, 0.05) is 17.5 Å². The number of nitrogens with zero attached hydrogens (tertiary/aromatic N) is 2. The van der Waals surface area contributed by atoms with Crippen LogP contribution in [0.15, 0.2) is 0 Å². The molecule has 0 bridgehead atoms. The number of anilines is 1. The number of carbonyl (C=O) groups is 1. The van der Waals surface area contributed by atoms with E-state index in [1.165, 1.54) is 7.11 Å². The van der Waals surface area contributed by atoms with Gasteiger partial charge in [0.15, 0.2) is 10.8 Å². The van der Waals surface area contributed by atoms with Crippen molar-refractivity contribution in [3.05, 3.63) is 10.6 Å². The number of rotatable bonds is 5. The Balaban J connectivity index is 3.02. The number of aryl methyl sites for hydroxylation is 1. The van der Waals surface area contributed by atoms with E-state index in [2.05, 4.69) is 30.7 Å². The second-order valence-electron chi connectivity index (χ2n) is 3.94. The average Bonchev–Trinajstić information content (AvgIpc) is 2.70. The molecule has 0 saturated carbocycles. The van der Waals surface area contributed by atoms with Gasteiger partial charge < -0.3 is 9.64 Å². The summed E-state index contributed by atoms with van der Waals surface area (Å²) in [4.78, 5) is 19.0. The van der Waals surface area contributed by atoms with Crippen LogP contribution in [0.1, 0.15) is 42.6 Å². The minimum absolute atomic E-state index is 0.356. The molecule has 0 aliphatic heterocycles. The Morgan fingerprint density at radius 3 is 2.65 bits per heavy atom. The molecule has 1 heterocycles. The van der Waals surface area contributed by atoms with Crippen molar-refractivity contribution in [3.63, 3.8) is 0 Å². The Morgan fingerprint density at radius 1 is 1.53 bits per heavy atom. The number of thiazole rings is 1. The number of aromatic nitrogens is 1. The molecule has 17 heavy (non-hydrogen) atoms. The average molecular weight is 256 g/mol. The van der Waals surface area contributed by atoms with Crippen molar-refractivity contribution in [3.8, 4) is 0 Å². The second kappa shape index (κ2) is 6.00. The van der Waals surface area contributed by atoms with Crippen LogP contribution < -0.4 is 4.90 Å². The van der Waals surface area contributed by atoms with E-state index in [-0.39, 0.29) is 5.97 Å². The first-order valence-corrected chi connectivity index (χ1v) is 6.69. The van der Waals surface area contributed by atoms with Crippen LogP contribution in [-0.4, -0.2) is 30.6 Å². The van der Waals surface area contributed by atoms with Crippen LogP contribution in [0.2, 0.25) is 0 Å². The van der Waals surface area contributed by atoms with Gasteiger partial charge in [-0.15, -0.1) is 11.3 Å². The van der Waals surface area contributed by atoms with Gasteiger partial charge in [0.25, 0.3) is 0 Å². The fraction of sp³-hybridized carbons (Fsp3) is 0.667. The summed E-state index contributed by atoms with van der Waals surface area (Å²) in [5.41, 5.74) is 0.439. The van der Waals surface area contributed by atoms with Gasteiger partial charge in [-0.2, -0.15) is 0 Å². The molecule has 0 N–H and O–H groups in total. The monoisotopic (exact) mass is 256 g/mol. The van der Waals surface area contributed by atoms with Crippen LogP contribution in [-0.2, 0) is 4.74 Å². The summed E-state index contributed by atoms with van der Waals surface area (Å²) in [7, 11) is 1.38. The lowest BCUT2D eigenvalue weighted by Crippen LogP contribution is -2.32. The highest BCUT2D eigenvalue weighted by Gasteiger charge is 2.20. The largest absolute Gasteiger partial charge is 0.464 e. The molecule has 1 rings (SSSR count). The first kappa shape index (κ1) is 14.0. The molecule has 1 unspecified atom stereocenters. The lowest BCUT2D eigenvalue weighted by atomic mass is 10.2. The van der Waals surface area contributed by atoms with Gasteiger partial charge in [-0.05, 0) is 27.2 Å². The summed E-state index contributed by atoms with van der Waals surface area (Å²) in [6.45, 7) is 9.20. The van der Waals surface area contributed by atoms with Crippen molar-refractivity contribution in [1.29, 1.82) is 0 Å². The molecular formula is C12H20N2O2S. The Kier molecular flexibility index (Phi) is 4.93. The molecule has 1 atom stereocenters. The van der Waals surface area contributed by atoms with Crippen LogP contribution in [0.4, 0.5) is 5.13 Å². The quantitative estimate of drug-likeness (QED) is 0.760. The zero-order valence-corrected chi connectivity index (χ0v) is 11.9. The third-order valence-corrected chi connectivity index (χ3v) is 3.88. The maximum atomic E-state index is 11.5. The predicted octanol–water partition coefficient (Wildman–Crippen LogP) is 2.86. The smallest absolute Gasteiger partial charge is 0.357 e. The normalized spacial score (nSPS) is 12.3. The van der Waals surface area contributed by atoms with E-state index in [1.54, 1.807) is 11.3 Å². The molecule has 0 aliphatic carbocycles. The van der Waals surface area contributed by atoms with Gasteiger partial charge in [0.05, 0.1) is 7.11 Å². The summed E-state index contributed by atoms with van der Waals surface area (Å²) < 4.78 is 4.72. The predicted molar refractivity (Wildman–Crippen MR) is 71.0 cm³/mol. The van der Waals surface area contributed by atoms with Crippen LogP contribution in [0.5, 0.6) is 0 Å². The summed E-state index contributed by atoms with van der Waals surface area (Å²) in [6, 6.07) is 0.427. The maximum absolute atomic E-state index is 11.5. The molecule has 0 radical (unpaired) electrons. The number of hydrogen-bond acceptors (Lipinski definition) is 5. The van der Waals surface area contributed by atoms with E-state index in [1.807, 2.05) is 6.92 Å². The molecule has 4 nitrogen and oxygen atoms in total. The van der Waals surface area contributed by atoms with Gasteiger partial charge in [0.1, 0.15) is 0 Å². The molecule has 0 amide bonds. The fourth-order valence-electron chi connectivity index (χ4n) is 1.65. The zero-order chi connectivity index (χ0) is 13.0. The standard InChI is InChI=1S/C12H20N2O2S/c1-6-8(3)14(7-2)12-13-10(9(4)17-12)11(15)16-5/h8H,6-7H2,1-5H3. The van der Waals surface area contributed by atoms with E-state index < -0.39 is 0 Å². The van der Waals surface area contributed by atoms with Crippen LogP contribution in [0, 0.1) is 6.92 Å². The number of hydrogen-bond donors (Lipinski definition) is 0. The van der Waals surface area contributed by atoms with Crippen molar-refractivity contribution in [1.82, 2.24) is 4.98 Å². The maximum Gasteiger partial charge on any atom is 0.357 e. The number of esters is 1. The molecule has 5 heteroatoms. The third-order valence-electron chi connectivity index (χ3n) is 2.87. The molecule has 0 aromatic carbocycles. The molecule has 0 fully saturated rings. The third kappa shape index (κ3) is 2.97. The van der Waals surface area contributed by atoms with Crippen molar-refractivity contribution in [2.45, 2.75) is 40.2 Å². The van der Waals surface area contributed by atoms with Crippen LogP contribution >= 0.6 is 11.3 Å². The van der Waals surface area contributed by atoms with E-state index >= 15 is 0 Å². The number of carbonyl (C=O) groups excluding carboxylic acids is 1. The molecular weight excluding hydrogens is 236 g/mol. The Hall–Kier alpha value is -1.10. The Bertz CT molecular complexity index is 390. The van der Waals surface area contributed by atoms with Crippen molar-refractivity contribution >= 4 is 22.4 Å². The van der Waals surface area contributed by atoms with Gasteiger partial charge in [0.2, 0.25) is 0 Å². The molecule has 1 aromatic rings. The van der Waals surface area contributed by atoms with E-state index in [4.69, 9.17) is 4.74 Å². The van der Waals surface area contributed by atoms with Crippen molar-refractivity contribution < 1.29 is 9.53 Å². The Morgan fingerprint density at radius 2 is 2.18 bits per heavy atom. The van der Waals surface area contributed by atoms with E-state index in [0.717, 1.165) is 23.0 Å². The molecule has 1 aromatic heterocycles. The van der Waals surface area contributed by atoms with E-state index in [0.29, 0.717) is 11.7 Å². The lowest BCUT2D eigenvalue weighted by Gasteiger charge is -2.26. The minimum Gasteiger partial charge on any atom is -0.464 e. The topological polar surface area (TPSA) is 42.4 Å². The molecule has 0 aliphatic rings. The fourth-order valence-corrected chi connectivity index (χ4v) is 2.71. The number of methoxy groups -OCH3 is 1. The van der Waals surface area contributed by atoms with Crippen LogP contribution in [0.3, 0.4) is 0 Å². The van der Waals surface area contributed by atoms with E-state index in [9.17, 15) is 4.79 Å². The summed E-state index contributed by atoms with van der Waals surface area (Å²) >= 11 is 1.55. The van der Waals surface area contributed by atoms with Gasteiger partial charge in [-0.1, -0.05) is 6.92 Å². The second-order valence-corrected chi connectivity index (χ2v) is 5.12. The molecule has 96 valence electrons. The summed E-state index contributed by atoms with van der Waals surface area (Å²) in [6.07, 6.45) is 1.06. The molecule has 0 spiro atoms. The van der Waals surface area contributed by atoms with Crippen molar-refractivity contribution in [2.24, 2.45) is 0 Å². The number of ether oxygens (including phenoxy) is 1. The minimum atomic E-state index is -0.356. The first-order valence-electron chi connectivity index (χ1n) is 5.87. The van der Waals surface area contributed by atoms with Crippen LogP contribution in [0.25, 0.3) is 0 Å².